The van der Waals surface area contributed by atoms with Gasteiger partial charge in [0.15, 0.2) is 0 Å². The maximum absolute atomic E-state index is 12.4. The molecule has 2 rings (SSSR count). The summed E-state index contributed by atoms with van der Waals surface area (Å²) in [4.78, 5) is 11.4. The highest BCUT2D eigenvalue weighted by Crippen LogP contribution is 2.28. The molecular weight excluding hydrogens is 421 g/mol. The van der Waals surface area contributed by atoms with E-state index in [0.717, 1.165) is 0 Å². The zero-order valence-corrected chi connectivity index (χ0v) is 16.1. The number of methoxy groups -OCH3 is 1. The van der Waals surface area contributed by atoms with E-state index in [0.29, 0.717) is 11.3 Å². The third-order valence-electron chi connectivity index (χ3n) is 3.49. The molecule has 0 atom stereocenters. The summed E-state index contributed by atoms with van der Waals surface area (Å²) in [6.45, 7) is -1.41. The van der Waals surface area contributed by atoms with Crippen molar-refractivity contribution in [2.45, 2.75) is 17.5 Å². The van der Waals surface area contributed by atoms with Gasteiger partial charge in [-0.1, -0.05) is 23.7 Å². The minimum atomic E-state index is -4.48. The summed E-state index contributed by atoms with van der Waals surface area (Å²) in [6, 6.07) is 9.65. The van der Waals surface area contributed by atoms with E-state index in [-0.39, 0.29) is 22.0 Å². The molecule has 152 valence electrons. The van der Waals surface area contributed by atoms with Crippen LogP contribution in [0.15, 0.2) is 47.4 Å². The second-order valence-electron chi connectivity index (χ2n) is 5.67. The van der Waals surface area contributed by atoms with Crippen LogP contribution in [0, 0.1) is 0 Å². The minimum Gasteiger partial charge on any atom is -0.495 e. The second kappa shape index (κ2) is 8.70. The highest BCUT2D eigenvalue weighted by atomic mass is 35.5. The van der Waals surface area contributed by atoms with E-state index in [2.05, 4.69) is 4.72 Å². The van der Waals surface area contributed by atoms with E-state index in [9.17, 15) is 26.4 Å². The van der Waals surface area contributed by atoms with Gasteiger partial charge in [-0.2, -0.15) is 13.2 Å². The largest absolute Gasteiger partial charge is 0.495 e. The van der Waals surface area contributed by atoms with Crippen LogP contribution >= 0.6 is 11.6 Å². The molecule has 0 aromatic heterocycles. The lowest BCUT2D eigenvalue weighted by atomic mass is 10.1. The van der Waals surface area contributed by atoms with Crippen LogP contribution in [-0.4, -0.2) is 34.2 Å². The van der Waals surface area contributed by atoms with E-state index in [4.69, 9.17) is 16.3 Å². The molecular formula is C17H16ClF3N2O4S. The fourth-order valence-electron chi connectivity index (χ4n) is 2.17. The lowest BCUT2D eigenvalue weighted by molar-refractivity contribution is -0.138. The normalized spacial score (nSPS) is 11.8. The van der Waals surface area contributed by atoms with Gasteiger partial charge in [0.1, 0.15) is 12.3 Å². The Hall–Kier alpha value is -2.46. The van der Waals surface area contributed by atoms with Crippen molar-refractivity contribution in [2.75, 3.05) is 18.4 Å². The summed E-state index contributed by atoms with van der Waals surface area (Å²) in [5.41, 5.74) is 0.640. The molecule has 1 amide bonds. The Labute approximate surface area is 164 Å². The van der Waals surface area contributed by atoms with Gasteiger partial charge in [-0.15, -0.1) is 0 Å². The number of carbonyl (C=O) groups excluding carboxylic acids is 1. The number of anilines is 1. The molecule has 0 fully saturated rings. The topological polar surface area (TPSA) is 84.5 Å². The summed E-state index contributed by atoms with van der Waals surface area (Å²) < 4.78 is 68.4. The van der Waals surface area contributed by atoms with Crippen molar-refractivity contribution in [1.82, 2.24) is 5.32 Å². The predicted octanol–water partition coefficient (Wildman–Crippen LogP) is 3.37. The van der Waals surface area contributed by atoms with Crippen molar-refractivity contribution in [1.29, 1.82) is 0 Å². The summed E-state index contributed by atoms with van der Waals surface area (Å²) in [5.74, 6) is -0.465. The number of alkyl halides is 3. The Kier molecular flexibility index (Phi) is 6.78. The van der Waals surface area contributed by atoms with Gasteiger partial charge in [-0.25, -0.2) is 8.42 Å². The first kappa shape index (κ1) is 21.8. The lowest BCUT2D eigenvalue weighted by Gasteiger charge is -2.11. The quantitative estimate of drug-likeness (QED) is 0.697. The fourth-order valence-corrected chi connectivity index (χ4v) is 3.57. The van der Waals surface area contributed by atoms with Crippen LogP contribution < -0.4 is 14.8 Å². The third kappa shape index (κ3) is 6.31. The Morgan fingerprint density at radius 3 is 2.32 bits per heavy atom. The highest BCUT2D eigenvalue weighted by Gasteiger charge is 2.27. The number of amides is 1. The summed E-state index contributed by atoms with van der Waals surface area (Å²) in [5, 5.41) is 1.89. The highest BCUT2D eigenvalue weighted by molar-refractivity contribution is 7.92. The van der Waals surface area contributed by atoms with Gasteiger partial charge in [-0.3, -0.25) is 9.52 Å². The number of hydrogen-bond donors (Lipinski definition) is 2. The van der Waals surface area contributed by atoms with Crippen LogP contribution in [0.2, 0.25) is 5.02 Å². The van der Waals surface area contributed by atoms with Crippen molar-refractivity contribution in [3.05, 3.63) is 53.1 Å². The Bertz CT molecular complexity index is 948. The molecule has 2 aromatic carbocycles. The van der Waals surface area contributed by atoms with Crippen molar-refractivity contribution in [2.24, 2.45) is 0 Å². The van der Waals surface area contributed by atoms with Crippen LogP contribution in [0.5, 0.6) is 5.75 Å². The van der Waals surface area contributed by atoms with Crippen molar-refractivity contribution in [3.8, 4) is 5.75 Å². The number of carbonyl (C=O) groups is 1. The molecule has 0 unspecified atom stereocenters. The molecule has 2 N–H and O–H groups in total. The number of ether oxygens (including phenoxy) is 1. The van der Waals surface area contributed by atoms with Crippen molar-refractivity contribution in [3.63, 3.8) is 0 Å². The SMILES string of the molecule is COc1ccc(S(=O)(=O)Nc2ccc(CC(=O)NCC(F)(F)F)cc2)cc1Cl. The Morgan fingerprint density at radius 2 is 1.79 bits per heavy atom. The standard InChI is InChI=1S/C17H16ClF3N2O4S/c1-27-15-7-6-13(9-14(15)18)28(25,26)23-12-4-2-11(3-5-12)8-16(24)22-10-17(19,20)21/h2-7,9,23H,8,10H2,1H3,(H,22,24). The van der Waals surface area contributed by atoms with Gasteiger partial charge >= 0.3 is 6.18 Å². The van der Waals surface area contributed by atoms with E-state index in [1.54, 1.807) is 5.32 Å². The van der Waals surface area contributed by atoms with E-state index in [1.807, 2.05) is 0 Å². The summed E-state index contributed by atoms with van der Waals surface area (Å²) in [7, 11) is -2.51. The molecule has 11 heteroatoms. The molecule has 0 aliphatic rings. The molecule has 0 bridgehead atoms. The number of sulfonamides is 1. The molecule has 2 aromatic rings. The van der Waals surface area contributed by atoms with E-state index >= 15 is 0 Å². The molecule has 0 saturated heterocycles. The fraction of sp³-hybridized carbons (Fsp3) is 0.235. The number of benzene rings is 2. The van der Waals surface area contributed by atoms with Crippen LogP contribution in [-0.2, 0) is 21.2 Å². The number of halogens is 4. The van der Waals surface area contributed by atoms with Gasteiger partial charge in [0.05, 0.1) is 23.4 Å². The van der Waals surface area contributed by atoms with Crippen LogP contribution in [0.1, 0.15) is 5.56 Å². The number of hydrogen-bond acceptors (Lipinski definition) is 4. The first-order valence-electron chi connectivity index (χ1n) is 7.79. The molecule has 6 nitrogen and oxygen atoms in total. The number of rotatable bonds is 7. The summed E-state index contributed by atoms with van der Waals surface area (Å²) >= 11 is 5.94. The maximum Gasteiger partial charge on any atom is 0.405 e. The zero-order chi connectivity index (χ0) is 20.9. The van der Waals surface area contributed by atoms with Crippen molar-refractivity contribution >= 4 is 33.2 Å². The summed E-state index contributed by atoms with van der Waals surface area (Å²) in [6.07, 6.45) is -4.75. The smallest absolute Gasteiger partial charge is 0.405 e. The minimum absolute atomic E-state index is 0.0751. The van der Waals surface area contributed by atoms with Gasteiger partial charge in [0.25, 0.3) is 10.0 Å². The second-order valence-corrected chi connectivity index (χ2v) is 7.76. The van der Waals surface area contributed by atoms with Gasteiger partial charge in [-0.05, 0) is 35.9 Å². The molecule has 0 spiro atoms. The van der Waals surface area contributed by atoms with E-state index in [1.165, 1.54) is 49.6 Å². The Balaban J connectivity index is 2.03. The van der Waals surface area contributed by atoms with E-state index < -0.39 is 28.7 Å². The average Bonchev–Trinajstić information content (AvgIpc) is 2.61. The van der Waals surface area contributed by atoms with Crippen LogP contribution in [0.25, 0.3) is 0 Å². The molecule has 0 radical (unpaired) electrons. The molecule has 0 aliphatic carbocycles. The average molecular weight is 437 g/mol. The van der Waals surface area contributed by atoms with Gasteiger partial charge in [0.2, 0.25) is 5.91 Å². The first-order valence-corrected chi connectivity index (χ1v) is 9.65. The lowest BCUT2D eigenvalue weighted by Crippen LogP contribution is -2.34. The predicted molar refractivity (Wildman–Crippen MR) is 98.0 cm³/mol. The molecule has 0 heterocycles. The third-order valence-corrected chi connectivity index (χ3v) is 5.16. The van der Waals surface area contributed by atoms with Crippen molar-refractivity contribution < 1.29 is 31.1 Å². The number of nitrogens with one attached hydrogen (secondary N) is 2. The van der Waals surface area contributed by atoms with Crippen LogP contribution in [0.4, 0.5) is 18.9 Å². The molecule has 0 saturated carbocycles. The monoisotopic (exact) mass is 436 g/mol. The van der Waals surface area contributed by atoms with Gasteiger partial charge < -0.3 is 10.1 Å². The van der Waals surface area contributed by atoms with Gasteiger partial charge in [0, 0.05) is 5.69 Å². The van der Waals surface area contributed by atoms with Crippen LogP contribution in [0.3, 0.4) is 0 Å². The zero-order valence-electron chi connectivity index (χ0n) is 14.5. The first-order chi connectivity index (χ1) is 13.0. The molecule has 28 heavy (non-hydrogen) atoms. The Morgan fingerprint density at radius 1 is 1.14 bits per heavy atom. The molecule has 0 aliphatic heterocycles. The maximum atomic E-state index is 12.4.